The van der Waals surface area contributed by atoms with Crippen molar-refractivity contribution in [1.82, 2.24) is 0 Å². The molecule has 0 saturated heterocycles. The number of hydrogen-bond donors (Lipinski definition) is 1. The topological polar surface area (TPSA) is 73.9 Å². The van der Waals surface area contributed by atoms with Crippen molar-refractivity contribution in [3.05, 3.63) is 144 Å². The van der Waals surface area contributed by atoms with Crippen molar-refractivity contribution in [3.63, 3.8) is 0 Å². The first-order chi connectivity index (χ1) is 23.2. The highest BCUT2D eigenvalue weighted by atomic mass is 32.2. The molecule has 5 rings (SSSR count). The fourth-order valence-corrected chi connectivity index (χ4v) is 6.08. The number of rotatable bonds is 12. The summed E-state index contributed by atoms with van der Waals surface area (Å²) in [7, 11) is -2.63. The molecule has 6 nitrogen and oxygen atoms in total. The van der Waals surface area contributed by atoms with E-state index in [9.17, 15) is 26.0 Å². The van der Waals surface area contributed by atoms with Gasteiger partial charge in [0.2, 0.25) is 0 Å². The summed E-state index contributed by atoms with van der Waals surface area (Å²) < 4.78 is 99.0. The molecular weight excluding hydrogens is 658 g/mol. The standard InChI is InChI=1S/C38H33F4NO5S/c1-24(2)34-22-37(43-49(44,45)33-18-16-31(17-19-33)48-30-14-12-29(39)13-15-30)35(25(3)46-4)21-36(34)27-10-8-26(9-11-27)23-47-32-7-5-6-28(20-32)38(40,41)42/h5-22,24,43H,3,23H2,1-2,4H3. The predicted molar refractivity (Wildman–Crippen MR) is 182 cm³/mol. The maximum atomic E-state index is 13.5. The van der Waals surface area contributed by atoms with E-state index in [-0.39, 0.29) is 34.6 Å². The molecule has 0 aliphatic carbocycles. The molecule has 0 radical (unpaired) electrons. The Kier molecular flexibility index (Phi) is 10.3. The number of sulfonamides is 1. The molecule has 0 atom stereocenters. The van der Waals surface area contributed by atoms with Gasteiger partial charge in [-0.15, -0.1) is 0 Å². The summed E-state index contributed by atoms with van der Waals surface area (Å²) in [6.45, 7) is 8.01. The lowest BCUT2D eigenvalue weighted by atomic mass is 9.89. The predicted octanol–water partition coefficient (Wildman–Crippen LogP) is 10.4. The smallest absolute Gasteiger partial charge is 0.416 e. The second-order valence-electron chi connectivity index (χ2n) is 11.4. The van der Waals surface area contributed by atoms with Crippen LogP contribution in [0.25, 0.3) is 16.9 Å². The first kappa shape index (κ1) is 35.0. The molecule has 0 aromatic heterocycles. The van der Waals surface area contributed by atoms with E-state index in [4.69, 9.17) is 14.2 Å². The molecule has 0 heterocycles. The Morgan fingerprint density at radius 1 is 0.837 bits per heavy atom. The summed E-state index contributed by atoms with van der Waals surface area (Å²) in [5.41, 5.74) is 3.15. The van der Waals surface area contributed by atoms with Gasteiger partial charge in [0.05, 0.1) is 23.3 Å². The molecule has 0 spiro atoms. The minimum Gasteiger partial charge on any atom is -0.497 e. The van der Waals surface area contributed by atoms with Crippen LogP contribution in [0.4, 0.5) is 23.2 Å². The number of methoxy groups -OCH3 is 1. The molecule has 5 aromatic carbocycles. The van der Waals surface area contributed by atoms with Crippen molar-refractivity contribution >= 4 is 21.5 Å². The molecule has 0 aliphatic rings. The molecule has 0 amide bonds. The minimum atomic E-state index is -4.47. The van der Waals surface area contributed by atoms with E-state index in [1.165, 1.54) is 67.8 Å². The zero-order chi connectivity index (χ0) is 35.3. The molecule has 0 aliphatic heterocycles. The summed E-state index contributed by atoms with van der Waals surface area (Å²) in [4.78, 5) is -0.00829. The van der Waals surface area contributed by atoms with Crippen molar-refractivity contribution in [2.24, 2.45) is 0 Å². The van der Waals surface area contributed by atoms with Crippen molar-refractivity contribution in [1.29, 1.82) is 0 Å². The van der Waals surface area contributed by atoms with Gasteiger partial charge in [0, 0.05) is 5.56 Å². The average molecular weight is 692 g/mol. The quantitative estimate of drug-likeness (QED) is 0.104. The summed E-state index contributed by atoms with van der Waals surface area (Å²) >= 11 is 0. The van der Waals surface area contributed by atoms with E-state index in [1.54, 1.807) is 6.07 Å². The van der Waals surface area contributed by atoms with Gasteiger partial charge in [-0.1, -0.05) is 50.8 Å². The molecule has 0 bridgehead atoms. The lowest BCUT2D eigenvalue weighted by Gasteiger charge is -2.21. The Labute approximate surface area is 282 Å². The number of ether oxygens (including phenoxy) is 3. The molecule has 49 heavy (non-hydrogen) atoms. The van der Waals surface area contributed by atoms with E-state index in [2.05, 4.69) is 11.3 Å². The number of nitrogens with one attached hydrogen (secondary N) is 1. The lowest BCUT2D eigenvalue weighted by Crippen LogP contribution is -2.15. The Morgan fingerprint density at radius 3 is 2.06 bits per heavy atom. The van der Waals surface area contributed by atoms with Crippen LogP contribution in [-0.4, -0.2) is 15.5 Å². The SMILES string of the molecule is C=C(OC)c1cc(-c2ccc(COc3cccc(C(F)(F)F)c3)cc2)c(C(C)C)cc1NS(=O)(=O)c1ccc(Oc2ccc(F)cc2)cc1. The first-order valence-electron chi connectivity index (χ1n) is 15.1. The second kappa shape index (κ2) is 14.4. The largest absolute Gasteiger partial charge is 0.497 e. The molecule has 1 N–H and O–H groups in total. The minimum absolute atomic E-state index is 0.00829. The number of anilines is 1. The summed E-state index contributed by atoms with van der Waals surface area (Å²) in [6.07, 6.45) is -4.47. The van der Waals surface area contributed by atoms with Crippen LogP contribution < -0.4 is 14.2 Å². The number of halogens is 4. The van der Waals surface area contributed by atoms with E-state index in [1.807, 2.05) is 44.2 Å². The zero-order valence-electron chi connectivity index (χ0n) is 26.8. The fraction of sp³-hybridized carbons (Fsp3) is 0.158. The van der Waals surface area contributed by atoms with Crippen molar-refractivity contribution in [2.75, 3.05) is 11.8 Å². The van der Waals surface area contributed by atoms with Crippen LogP contribution in [0.1, 0.15) is 42.0 Å². The maximum absolute atomic E-state index is 13.5. The van der Waals surface area contributed by atoms with Crippen LogP contribution in [0.5, 0.6) is 17.2 Å². The maximum Gasteiger partial charge on any atom is 0.416 e. The second-order valence-corrected chi connectivity index (χ2v) is 13.1. The van der Waals surface area contributed by atoms with Gasteiger partial charge in [-0.05, 0) is 107 Å². The van der Waals surface area contributed by atoms with Crippen molar-refractivity contribution < 1.29 is 40.2 Å². The van der Waals surface area contributed by atoms with E-state index >= 15 is 0 Å². The Bertz CT molecular complexity index is 2040. The molecule has 0 fully saturated rings. The van der Waals surface area contributed by atoms with Gasteiger partial charge >= 0.3 is 6.18 Å². The van der Waals surface area contributed by atoms with Gasteiger partial charge in [0.15, 0.2) is 0 Å². The highest BCUT2D eigenvalue weighted by molar-refractivity contribution is 7.92. The molecule has 11 heteroatoms. The number of hydrogen-bond acceptors (Lipinski definition) is 5. The Balaban J connectivity index is 1.39. The molecular formula is C38H33F4NO5S. The van der Waals surface area contributed by atoms with Crippen LogP contribution in [0.2, 0.25) is 0 Å². The van der Waals surface area contributed by atoms with Crippen LogP contribution in [0, 0.1) is 5.82 Å². The Hall–Kier alpha value is -5.29. The van der Waals surface area contributed by atoms with Crippen LogP contribution in [0.15, 0.2) is 121 Å². The summed E-state index contributed by atoms with van der Waals surface area (Å²) in [6, 6.07) is 26.9. The third kappa shape index (κ3) is 8.60. The van der Waals surface area contributed by atoms with E-state index in [0.717, 1.165) is 34.4 Å². The average Bonchev–Trinajstić information content (AvgIpc) is 3.08. The highest BCUT2D eigenvalue weighted by Gasteiger charge is 2.30. The monoisotopic (exact) mass is 691 g/mol. The van der Waals surface area contributed by atoms with Gasteiger partial charge in [-0.25, -0.2) is 12.8 Å². The van der Waals surface area contributed by atoms with Crippen LogP contribution in [0.3, 0.4) is 0 Å². The lowest BCUT2D eigenvalue weighted by molar-refractivity contribution is -0.137. The molecule has 0 unspecified atom stereocenters. The number of benzene rings is 5. The summed E-state index contributed by atoms with van der Waals surface area (Å²) in [5.74, 6) is 0.702. The third-order valence-corrected chi connectivity index (χ3v) is 9.00. The molecule has 0 saturated carbocycles. The summed E-state index contributed by atoms with van der Waals surface area (Å²) in [5, 5.41) is 0. The normalized spacial score (nSPS) is 11.7. The van der Waals surface area contributed by atoms with Crippen molar-refractivity contribution in [3.8, 4) is 28.4 Å². The zero-order valence-corrected chi connectivity index (χ0v) is 27.7. The fourth-order valence-electron chi connectivity index (χ4n) is 5.01. The Morgan fingerprint density at radius 2 is 1.47 bits per heavy atom. The first-order valence-corrected chi connectivity index (χ1v) is 16.6. The van der Waals surface area contributed by atoms with E-state index in [0.29, 0.717) is 17.1 Å². The highest BCUT2D eigenvalue weighted by Crippen LogP contribution is 2.38. The molecule has 5 aromatic rings. The number of alkyl halides is 3. The van der Waals surface area contributed by atoms with Crippen molar-refractivity contribution in [2.45, 2.75) is 37.4 Å². The van der Waals surface area contributed by atoms with Gasteiger partial charge in [-0.2, -0.15) is 13.2 Å². The van der Waals surface area contributed by atoms with E-state index < -0.39 is 27.6 Å². The van der Waals surface area contributed by atoms with Gasteiger partial charge in [0.1, 0.15) is 35.4 Å². The van der Waals surface area contributed by atoms with Crippen LogP contribution in [-0.2, 0) is 27.5 Å². The van der Waals surface area contributed by atoms with Gasteiger partial charge in [0.25, 0.3) is 10.0 Å². The molecule has 254 valence electrons. The third-order valence-electron chi connectivity index (χ3n) is 7.62. The van der Waals surface area contributed by atoms with Crippen LogP contribution >= 0.6 is 0 Å². The van der Waals surface area contributed by atoms with Gasteiger partial charge in [-0.3, -0.25) is 4.72 Å². The van der Waals surface area contributed by atoms with Gasteiger partial charge < -0.3 is 14.2 Å².